The normalized spacial score (nSPS) is 18.1. The van der Waals surface area contributed by atoms with E-state index in [1.54, 1.807) is 0 Å². The summed E-state index contributed by atoms with van der Waals surface area (Å²) in [7, 11) is 0. The number of rotatable bonds is 16. The van der Waals surface area contributed by atoms with E-state index >= 15 is 0 Å². The van der Waals surface area contributed by atoms with E-state index in [1.165, 1.54) is 65.2 Å². The largest absolute Gasteiger partial charge is 0.432 e. The quantitative estimate of drug-likeness (QED) is 0.277. The van der Waals surface area contributed by atoms with Gasteiger partial charge in [0.15, 0.2) is 5.76 Å². The molecule has 32 heavy (non-hydrogen) atoms. The molecule has 0 radical (unpaired) electrons. The summed E-state index contributed by atoms with van der Waals surface area (Å²) in [6.07, 6.45) is 11.4. The fourth-order valence-electron chi connectivity index (χ4n) is 3.48. The number of ketones is 1. The maximum atomic E-state index is 12.4. The first-order chi connectivity index (χ1) is 15.3. The van der Waals surface area contributed by atoms with Crippen LogP contribution >= 0.6 is 0 Å². The van der Waals surface area contributed by atoms with Crippen LogP contribution in [0.15, 0.2) is 11.8 Å². The minimum absolute atomic E-state index is 0.0777. The molecule has 0 aromatic heterocycles. The Bertz CT molecular complexity index is 644. The third kappa shape index (κ3) is 12.6. The van der Waals surface area contributed by atoms with Gasteiger partial charge in [0, 0.05) is 32.9 Å². The molecule has 0 aliphatic carbocycles. The molecule has 0 aromatic rings. The van der Waals surface area contributed by atoms with Crippen LogP contribution in [-0.4, -0.2) is 42.6 Å². The van der Waals surface area contributed by atoms with Crippen molar-refractivity contribution in [1.29, 1.82) is 0 Å². The second-order valence-corrected chi connectivity index (χ2v) is 8.16. The van der Waals surface area contributed by atoms with Crippen LogP contribution in [-0.2, 0) is 33.4 Å². The van der Waals surface area contributed by atoms with Gasteiger partial charge >= 0.3 is 11.9 Å². The molecule has 0 saturated carbocycles. The van der Waals surface area contributed by atoms with Crippen LogP contribution in [0.3, 0.4) is 0 Å². The zero-order valence-corrected chi connectivity index (χ0v) is 19.8. The zero-order valence-electron chi connectivity index (χ0n) is 19.8. The van der Waals surface area contributed by atoms with Crippen molar-refractivity contribution >= 4 is 23.6 Å². The van der Waals surface area contributed by atoms with Crippen LogP contribution in [0.4, 0.5) is 0 Å². The van der Waals surface area contributed by atoms with Crippen molar-refractivity contribution in [1.82, 2.24) is 5.32 Å². The Kier molecular flexibility index (Phi) is 14.3. The monoisotopic (exact) mass is 453 g/mol. The van der Waals surface area contributed by atoms with Crippen molar-refractivity contribution in [3.05, 3.63) is 11.8 Å². The maximum absolute atomic E-state index is 12.4. The Balaban J connectivity index is 2.24. The lowest BCUT2D eigenvalue weighted by Crippen LogP contribution is -2.38. The minimum atomic E-state index is -1.14. The second kappa shape index (κ2) is 16.4. The van der Waals surface area contributed by atoms with Gasteiger partial charge in [0.1, 0.15) is 6.10 Å². The number of carbonyl (C=O) groups excluding carboxylic acids is 4. The number of esters is 2. The smallest absolute Gasteiger partial charge is 0.308 e. The molecule has 1 heterocycles. The zero-order chi connectivity index (χ0) is 23.8. The van der Waals surface area contributed by atoms with E-state index in [2.05, 4.69) is 12.2 Å². The molecule has 1 aliphatic heterocycles. The fraction of sp³-hybridized carbons (Fsp3) is 0.750. The topological polar surface area (TPSA) is 108 Å². The van der Waals surface area contributed by atoms with E-state index in [0.717, 1.165) is 18.9 Å². The molecule has 8 heteroatoms. The first-order valence-electron chi connectivity index (χ1n) is 11.9. The Morgan fingerprint density at radius 3 is 2.09 bits per heavy atom. The molecular formula is C24H39NO7. The van der Waals surface area contributed by atoms with Crippen molar-refractivity contribution < 1.29 is 33.4 Å². The van der Waals surface area contributed by atoms with Gasteiger partial charge in [-0.1, -0.05) is 64.7 Å². The molecule has 2 atom stereocenters. The van der Waals surface area contributed by atoms with Gasteiger partial charge in [0.25, 0.3) is 0 Å². The minimum Gasteiger partial charge on any atom is -0.432 e. The molecule has 182 valence electrons. The number of nitrogens with one attached hydrogen (secondary N) is 1. The Labute approximate surface area is 191 Å². The highest BCUT2D eigenvalue weighted by Gasteiger charge is 2.34. The molecular weight excluding hydrogens is 414 g/mol. The average molecular weight is 454 g/mol. The van der Waals surface area contributed by atoms with E-state index in [4.69, 9.17) is 14.2 Å². The molecule has 0 fully saturated rings. The summed E-state index contributed by atoms with van der Waals surface area (Å²) in [5.41, 5.74) is 0. The Hall–Kier alpha value is -2.22. The lowest BCUT2D eigenvalue weighted by molar-refractivity contribution is -0.184. The molecule has 0 saturated heterocycles. The average Bonchev–Trinajstić information content (AvgIpc) is 2.72. The number of unbranched alkanes of at least 4 members (excludes halogenated alkanes) is 9. The van der Waals surface area contributed by atoms with Gasteiger partial charge in [-0.25, -0.2) is 0 Å². The van der Waals surface area contributed by atoms with Crippen LogP contribution in [0.25, 0.3) is 0 Å². The standard InChI is InChI=1S/C24H39NO7/c1-4-5-6-7-8-9-10-11-12-13-16-25-22(28)15-14-20-24(29)21(30-18(2)26)17-23(32-20)31-19(3)27/h17,20,23H,4-16H2,1-3H3,(H,25,28)/t20-,23+/m1/s1. The summed E-state index contributed by atoms with van der Waals surface area (Å²) in [5, 5.41) is 2.86. The van der Waals surface area contributed by atoms with Crippen molar-refractivity contribution in [2.24, 2.45) is 0 Å². The summed E-state index contributed by atoms with van der Waals surface area (Å²) in [5.74, 6) is -2.22. The number of Topliss-reactive ketones (excluding diaryl/α,β-unsaturated/α-hetero) is 1. The van der Waals surface area contributed by atoms with E-state index in [9.17, 15) is 19.2 Å². The van der Waals surface area contributed by atoms with Crippen molar-refractivity contribution in [3.63, 3.8) is 0 Å². The van der Waals surface area contributed by atoms with Gasteiger partial charge in [-0.05, 0) is 12.8 Å². The number of ether oxygens (including phenoxy) is 3. The van der Waals surface area contributed by atoms with Gasteiger partial charge in [-0.3, -0.25) is 19.2 Å². The SMILES string of the molecule is CCCCCCCCCCCCNC(=O)CC[C@H]1O[C@H](OC(C)=O)C=C(OC(C)=O)C1=O. The molecule has 0 spiro atoms. The number of amides is 1. The summed E-state index contributed by atoms with van der Waals surface area (Å²) >= 11 is 0. The highest BCUT2D eigenvalue weighted by Crippen LogP contribution is 2.21. The van der Waals surface area contributed by atoms with E-state index < -0.39 is 30.1 Å². The molecule has 1 amide bonds. The second-order valence-electron chi connectivity index (χ2n) is 8.16. The molecule has 0 aromatic carbocycles. The molecule has 8 nitrogen and oxygen atoms in total. The molecule has 0 unspecified atom stereocenters. The van der Waals surface area contributed by atoms with Crippen molar-refractivity contribution in [2.45, 2.75) is 110 Å². The molecule has 0 bridgehead atoms. The van der Waals surface area contributed by atoms with Gasteiger partial charge in [-0.15, -0.1) is 0 Å². The number of carbonyl (C=O) groups is 4. The van der Waals surface area contributed by atoms with Crippen LogP contribution in [0, 0.1) is 0 Å². The van der Waals surface area contributed by atoms with Crippen molar-refractivity contribution in [3.8, 4) is 0 Å². The van der Waals surface area contributed by atoms with Gasteiger partial charge in [0.2, 0.25) is 18.0 Å². The predicted molar refractivity (Wildman–Crippen MR) is 119 cm³/mol. The molecule has 1 rings (SSSR count). The molecule has 1 N–H and O–H groups in total. The van der Waals surface area contributed by atoms with Crippen LogP contribution in [0.5, 0.6) is 0 Å². The maximum Gasteiger partial charge on any atom is 0.308 e. The summed E-state index contributed by atoms with van der Waals surface area (Å²) < 4.78 is 15.3. The van der Waals surface area contributed by atoms with Gasteiger partial charge in [0.05, 0.1) is 0 Å². The summed E-state index contributed by atoms with van der Waals surface area (Å²) in [6.45, 7) is 5.20. The van der Waals surface area contributed by atoms with Crippen LogP contribution < -0.4 is 5.32 Å². The first-order valence-corrected chi connectivity index (χ1v) is 11.9. The van der Waals surface area contributed by atoms with E-state index in [-0.39, 0.29) is 24.5 Å². The number of hydrogen-bond acceptors (Lipinski definition) is 7. The fourth-order valence-corrected chi connectivity index (χ4v) is 3.48. The lowest BCUT2D eigenvalue weighted by atomic mass is 10.0. The predicted octanol–water partition coefficient (Wildman–Crippen LogP) is 4.11. The van der Waals surface area contributed by atoms with Crippen LogP contribution in [0.1, 0.15) is 97.8 Å². The lowest BCUT2D eigenvalue weighted by Gasteiger charge is -2.26. The number of hydrogen-bond donors (Lipinski definition) is 1. The highest BCUT2D eigenvalue weighted by atomic mass is 16.7. The summed E-state index contributed by atoms with van der Waals surface area (Å²) in [4.78, 5) is 46.9. The van der Waals surface area contributed by atoms with Crippen molar-refractivity contribution in [2.75, 3.05) is 6.54 Å². The highest BCUT2D eigenvalue weighted by molar-refractivity contribution is 5.99. The van der Waals surface area contributed by atoms with Gasteiger partial charge < -0.3 is 19.5 Å². The first kappa shape index (κ1) is 27.8. The summed E-state index contributed by atoms with van der Waals surface area (Å²) in [6, 6.07) is 0. The third-order valence-corrected chi connectivity index (χ3v) is 5.14. The van der Waals surface area contributed by atoms with E-state index in [1.807, 2.05) is 0 Å². The van der Waals surface area contributed by atoms with Crippen LogP contribution in [0.2, 0.25) is 0 Å². The van der Waals surface area contributed by atoms with E-state index in [0.29, 0.717) is 6.54 Å². The molecule has 1 aliphatic rings. The third-order valence-electron chi connectivity index (χ3n) is 5.14. The van der Waals surface area contributed by atoms with Gasteiger partial charge in [-0.2, -0.15) is 0 Å². The Morgan fingerprint density at radius 1 is 0.938 bits per heavy atom. The Morgan fingerprint density at radius 2 is 1.53 bits per heavy atom.